The summed E-state index contributed by atoms with van der Waals surface area (Å²) in [4.78, 5) is 33.8. The van der Waals surface area contributed by atoms with Gasteiger partial charge in [0.1, 0.15) is 11.6 Å². The number of hydrogen-bond donors (Lipinski definition) is 1. The zero-order valence-corrected chi connectivity index (χ0v) is 15.4. The van der Waals surface area contributed by atoms with Crippen LogP contribution in [0.3, 0.4) is 0 Å². The average molecular weight is 370 g/mol. The van der Waals surface area contributed by atoms with Crippen molar-refractivity contribution in [2.24, 2.45) is 0 Å². The van der Waals surface area contributed by atoms with Crippen LogP contribution in [0.15, 0.2) is 24.3 Å². The summed E-state index contributed by atoms with van der Waals surface area (Å²) in [5.74, 6) is 0.242. The number of esters is 1. The third-order valence-corrected chi connectivity index (χ3v) is 3.98. The lowest BCUT2D eigenvalue weighted by molar-refractivity contribution is -0.384. The Morgan fingerprint density at radius 1 is 1.28 bits per heavy atom. The summed E-state index contributed by atoms with van der Waals surface area (Å²) < 4.78 is 9.82. The summed E-state index contributed by atoms with van der Waals surface area (Å²) in [6.07, 6.45) is -0.696. The first-order valence-electron chi connectivity index (χ1n) is 7.51. The molecule has 1 aromatic carbocycles. The number of thioether (sulfide) groups is 1. The number of alkyl carbamates (subject to hydrolysis) is 1. The van der Waals surface area contributed by atoms with Crippen LogP contribution in [-0.2, 0) is 20.0 Å². The SMILES string of the molecule is COC(=O)[C@H](CSCc1ccc([N+](=O)[O-])cc1)NC(=O)OC(C)(C)C. The molecule has 1 atom stereocenters. The molecule has 0 aliphatic heterocycles. The lowest BCUT2D eigenvalue weighted by Crippen LogP contribution is -2.45. The van der Waals surface area contributed by atoms with E-state index < -0.39 is 28.6 Å². The number of benzene rings is 1. The molecule has 0 aliphatic rings. The fraction of sp³-hybridized carbons (Fsp3) is 0.500. The van der Waals surface area contributed by atoms with E-state index in [1.165, 1.54) is 31.0 Å². The second-order valence-corrected chi connectivity index (χ2v) is 7.19. The molecule has 0 saturated carbocycles. The van der Waals surface area contributed by atoms with Crippen LogP contribution >= 0.6 is 11.8 Å². The highest BCUT2D eigenvalue weighted by Gasteiger charge is 2.24. The molecule has 0 bridgehead atoms. The van der Waals surface area contributed by atoms with Gasteiger partial charge < -0.3 is 14.8 Å². The normalized spacial score (nSPS) is 12.2. The van der Waals surface area contributed by atoms with Crippen molar-refractivity contribution in [2.45, 2.75) is 38.2 Å². The minimum Gasteiger partial charge on any atom is -0.467 e. The molecule has 0 fully saturated rings. The van der Waals surface area contributed by atoms with E-state index in [4.69, 9.17) is 9.47 Å². The molecular weight excluding hydrogens is 348 g/mol. The molecule has 1 amide bonds. The summed E-state index contributed by atoms with van der Waals surface area (Å²) in [5.41, 5.74) is 0.223. The van der Waals surface area contributed by atoms with Gasteiger partial charge in [0, 0.05) is 23.6 Å². The van der Waals surface area contributed by atoms with Gasteiger partial charge in [-0.25, -0.2) is 9.59 Å². The van der Waals surface area contributed by atoms with Crippen molar-refractivity contribution in [3.8, 4) is 0 Å². The predicted octanol–water partition coefficient (Wildman–Crippen LogP) is 2.89. The van der Waals surface area contributed by atoms with Gasteiger partial charge >= 0.3 is 12.1 Å². The molecule has 0 aliphatic carbocycles. The number of carbonyl (C=O) groups is 2. The van der Waals surface area contributed by atoms with Gasteiger partial charge in [0.05, 0.1) is 12.0 Å². The van der Waals surface area contributed by atoms with Crippen LogP contribution in [0.25, 0.3) is 0 Å². The van der Waals surface area contributed by atoms with E-state index in [-0.39, 0.29) is 11.4 Å². The van der Waals surface area contributed by atoms with Gasteiger partial charge in [-0.15, -0.1) is 0 Å². The predicted molar refractivity (Wildman–Crippen MR) is 94.4 cm³/mol. The number of nitro groups is 1. The van der Waals surface area contributed by atoms with E-state index in [1.807, 2.05) is 0 Å². The first-order valence-corrected chi connectivity index (χ1v) is 8.66. The fourth-order valence-corrected chi connectivity index (χ4v) is 2.77. The van der Waals surface area contributed by atoms with Gasteiger partial charge in [0.15, 0.2) is 0 Å². The zero-order chi connectivity index (χ0) is 19.0. The minimum absolute atomic E-state index is 0.0211. The molecule has 8 nitrogen and oxygen atoms in total. The number of ether oxygens (including phenoxy) is 2. The molecule has 0 saturated heterocycles. The summed E-state index contributed by atoms with van der Waals surface area (Å²) in [7, 11) is 1.24. The number of rotatable bonds is 7. The van der Waals surface area contributed by atoms with Crippen LogP contribution in [0.1, 0.15) is 26.3 Å². The molecule has 0 unspecified atom stereocenters. The highest BCUT2D eigenvalue weighted by molar-refractivity contribution is 7.98. The van der Waals surface area contributed by atoms with Gasteiger partial charge in [-0.1, -0.05) is 12.1 Å². The lowest BCUT2D eigenvalue weighted by Gasteiger charge is -2.22. The van der Waals surface area contributed by atoms with E-state index in [1.54, 1.807) is 32.9 Å². The van der Waals surface area contributed by atoms with Crippen molar-refractivity contribution in [2.75, 3.05) is 12.9 Å². The fourth-order valence-electron chi connectivity index (χ4n) is 1.77. The maximum absolute atomic E-state index is 11.8. The Kier molecular flexibility index (Phi) is 7.69. The van der Waals surface area contributed by atoms with Gasteiger partial charge in [0.25, 0.3) is 5.69 Å². The Morgan fingerprint density at radius 2 is 1.88 bits per heavy atom. The lowest BCUT2D eigenvalue weighted by atomic mass is 10.2. The maximum Gasteiger partial charge on any atom is 0.408 e. The van der Waals surface area contributed by atoms with E-state index in [2.05, 4.69) is 5.32 Å². The highest BCUT2D eigenvalue weighted by Crippen LogP contribution is 2.18. The van der Waals surface area contributed by atoms with Crippen molar-refractivity contribution < 1.29 is 24.0 Å². The van der Waals surface area contributed by atoms with Crippen LogP contribution in [0, 0.1) is 10.1 Å². The Bertz CT molecular complexity index is 612. The van der Waals surface area contributed by atoms with Crippen molar-refractivity contribution in [1.82, 2.24) is 5.32 Å². The highest BCUT2D eigenvalue weighted by atomic mass is 32.2. The number of nitrogens with zero attached hydrogens (tertiary/aromatic N) is 1. The monoisotopic (exact) mass is 370 g/mol. The number of non-ortho nitro benzene ring substituents is 1. The van der Waals surface area contributed by atoms with Crippen molar-refractivity contribution >= 4 is 29.5 Å². The molecule has 1 aromatic rings. The van der Waals surface area contributed by atoms with Crippen molar-refractivity contribution in [1.29, 1.82) is 0 Å². The van der Waals surface area contributed by atoms with Crippen molar-refractivity contribution in [3.05, 3.63) is 39.9 Å². The second kappa shape index (κ2) is 9.26. The first-order chi connectivity index (χ1) is 11.6. The van der Waals surface area contributed by atoms with Gasteiger partial charge in [-0.05, 0) is 26.3 Å². The molecule has 138 valence electrons. The molecule has 9 heteroatoms. The third kappa shape index (κ3) is 7.88. The first kappa shape index (κ1) is 20.8. The molecule has 0 heterocycles. The Balaban J connectivity index is 2.57. The minimum atomic E-state index is -0.845. The van der Waals surface area contributed by atoms with Gasteiger partial charge in [-0.2, -0.15) is 11.8 Å². The van der Waals surface area contributed by atoms with E-state index in [9.17, 15) is 19.7 Å². The van der Waals surface area contributed by atoms with Crippen LogP contribution in [0.5, 0.6) is 0 Å². The van der Waals surface area contributed by atoms with E-state index in [0.717, 1.165) is 5.56 Å². The zero-order valence-electron chi connectivity index (χ0n) is 14.6. The number of hydrogen-bond acceptors (Lipinski definition) is 7. The molecular formula is C16H22N2O6S. The summed E-state index contributed by atoms with van der Waals surface area (Å²) >= 11 is 1.39. The van der Waals surface area contributed by atoms with Crippen LogP contribution < -0.4 is 5.32 Å². The van der Waals surface area contributed by atoms with E-state index >= 15 is 0 Å². The largest absolute Gasteiger partial charge is 0.467 e. The molecule has 1 rings (SSSR count). The number of carbonyl (C=O) groups excluding carboxylic acids is 2. The Morgan fingerprint density at radius 3 is 2.36 bits per heavy atom. The number of amides is 1. The third-order valence-electron chi connectivity index (χ3n) is 2.88. The molecule has 0 aromatic heterocycles. The topological polar surface area (TPSA) is 108 Å². The van der Waals surface area contributed by atoms with E-state index in [0.29, 0.717) is 5.75 Å². The molecule has 1 N–H and O–H groups in total. The summed E-state index contributed by atoms with van der Waals surface area (Å²) in [6.45, 7) is 5.18. The summed E-state index contributed by atoms with van der Waals surface area (Å²) in [6, 6.07) is 5.31. The molecule has 0 radical (unpaired) electrons. The van der Waals surface area contributed by atoms with Crippen LogP contribution in [0.4, 0.5) is 10.5 Å². The number of methoxy groups -OCH3 is 1. The summed E-state index contributed by atoms with van der Waals surface area (Å²) in [5, 5.41) is 13.1. The smallest absolute Gasteiger partial charge is 0.408 e. The second-order valence-electron chi connectivity index (χ2n) is 6.16. The molecule has 25 heavy (non-hydrogen) atoms. The standard InChI is InChI=1S/C16H22N2O6S/c1-16(2,3)24-15(20)17-13(14(19)23-4)10-25-9-11-5-7-12(8-6-11)18(21)22/h5-8,13H,9-10H2,1-4H3,(H,17,20)/t13-/m0/s1. The quantitative estimate of drug-likeness (QED) is 0.446. The van der Waals surface area contributed by atoms with Crippen molar-refractivity contribution in [3.63, 3.8) is 0 Å². The average Bonchev–Trinajstić information content (AvgIpc) is 2.51. The van der Waals surface area contributed by atoms with Gasteiger partial charge in [-0.3, -0.25) is 10.1 Å². The van der Waals surface area contributed by atoms with Crippen LogP contribution in [0.2, 0.25) is 0 Å². The van der Waals surface area contributed by atoms with Crippen LogP contribution in [-0.4, -0.2) is 41.5 Å². The number of nitro benzene ring substituents is 1. The maximum atomic E-state index is 11.8. The number of nitrogens with one attached hydrogen (secondary N) is 1. The Labute approximate surface area is 150 Å². The van der Waals surface area contributed by atoms with Gasteiger partial charge in [0.2, 0.25) is 0 Å². The molecule has 0 spiro atoms. The Hall–Kier alpha value is -2.29.